The summed E-state index contributed by atoms with van der Waals surface area (Å²) in [5.41, 5.74) is 3.70. The topological polar surface area (TPSA) is 83.0 Å². The highest BCUT2D eigenvalue weighted by atomic mass is 16.5. The molecule has 29 heavy (non-hydrogen) atoms. The summed E-state index contributed by atoms with van der Waals surface area (Å²) in [7, 11) is 0. The van der Waals surface area contributed by atoms with Crippen molar-refractivity contribution in [3.63, 3.8) is 0 Å². The molecule has 0 amide bonds. The summed E-state index contributed by atoms with van der Waals surface area (Å²) >= 11 is 0. The van der Waals surface area contributed by atoms with E-state index in [1.807, 2.05) is 50.2 Å². The van der Waals surface area contributed by atoms with Crippen LogP contribution in [0, 0.1) is 20.8 Å². The smallest absolute Gasteiger partial charge is 0.340 e. The zero-order valence-corrected chi connectivity index (χ0v) is 16.4. The fourth-order valence-electron chi connectivity index (χ4n) is 2.98. The number of oxazole rings is 1. The summed E-state index contributed by atoms with van der Waals surface area (Å²) in [5, 5.41) is 4.39. The van der Waals surface area contributed by atoms with Gasteiger partial charge in [0.05, 0.1) is 11.3 Å². The number of nitrogens with zero attached hydrogens (tertiary/aromatic N) is 4. The number of carbonyl (C=O) groups excluding carboxylic acids is 1. The normalized spacial score (nSPS) is 10.9. The van der Waals surface area contributed by atoms with Crippen LogP contribution in [0.4, 0.5) is 0 Å². The maximum absolute atomic E-state index is 12.4. The maximum Gasteiger partial charge on any atom is 0.340 e. The van der Waals surface area contributed by atoms with Crippen molar-refractivity contribution in [3.05, 3.63) is 83.1 Å². The van der Waals surface area contributed by atoms with Gasteiger partial charge >= 0.3 is 5.97 Å². The molecule has 0 N–H and O–H groups in total. The molecule has 0 fully saturated rings. The van der Waals surface area contributed by atoms with Gasteiger partial charge in [-0.3, -0.25) is 0 Å². The predicted molar refractivity (Wildman–Crippen MR) is 107 cm³/mol. The lowest BCUT2D eigenvalue weighted by molar-refractivity contribution is 0.0466. The van der Waals surface area contributed by atoms with Gasteiger partial charge in [-0.05, 0) is 51.1 Å². The van der Waals surface area contributed by atoms with E-state index in [0.717, 1.165) is 17.0 Å². The van der Waals surface area contributed by atoms with E-state index < -0.39 is 5.97 Å². The molecule has 4 aromatic rings. The van der Waals surface area contributed by atoms with E-state index in [1.54, 1.807) is 23.7 Å². The lowest BCUT2D eigenvalue weighted by Gasteiger charge is -2.05. The number of hydrogen-bond acceptors (Lipinski definition) is 6. The number of aryl methyl sites for hydroxylation is 3. The van der Waals surface area contributed by atoms with Crippen LogP contribution in [0.2, 0.25) is 0 Å². The van der Waals surface area contributed by atoms with Crippen LogP contribution in [0.15, 0.2) is 59.1 Å². The highest BCUT2D eigenvalue weighted by molar-refractivity contribution is 5.89. The zero-order valence-electron chi connectivity index (χ0n) is 16.4. The Bertz CT molecular complexity index is 1140. The van der Waals surface area contributed by atoms with Gasteiger partial charge < -0.3 is 9.15 Å². The quantitative estimate of drug-likeness (QED) is 0.477. The number of rotatable bonds is 5. The first-order valence-electron chi connectivity index (χ1n) is 9.20. The van der Waals surface area contributed by atoms with Crippen LogP contribution < -0.4 is 0 Å². The molecule has 0 saturated carbocycles. The third-order valence-electron chi connectivity index (χ3n) is 4.46. The Kier molecular flexibility index (Phi) is 4.95. The Labute approximate surface area is 168 Å². The second-order valence-corrected chi connectivity index (χ2v) is 6.71. The second kappa shape index (κ2) is 7.71. The van der Waals surface area contributed by atoms with Crippen LogP contribution in [-0.4, -0.2) is 25.7 Å². The Morgan fingerprint density at radius 3 is 2.55 bits per heavy atom. The fraction of sp³-hybridized carbons (Fsp3) is 0.182. The molecule has 0 aliphatic heterocycles. The van der Waals surface area contributed by atoms with E-state index in [-0.39, 0.29) is 6.61 Å². The Hall–Kier alpha value is -3.74. The molecule has 0 atom stereocenters. The molecule has 7 heteroatoms. The lowest BCUT2D eigenvalue weighted by Crippen LogP contribution is -2.08. The first-order valence-corrected chi connectivity index (χ1v) is 9.20. The Balaban J connectivity index is 1.44. The summed E-state index contributed by atoms with van der Waals surface area (Å²) in [6.07, 6.45) is 1.49. The first kappa shape index (κ1) is 18.6. The fourth-order valence-corrected chi connectivity index (χ4v) is 2.98. The summed E-state index contributed by atoms with van der Waals surface area (Å²) in [6, 6.07) is 15.0. The van der Waals surface area contributed by atoms with Gasteiger partial charge in [0, 0.05) is 17.5 Å². The van der Waals surface area contributed by atoms with Gasteiger partial charge in [0.25, 0.3) is 0 Å². The Morgan fingerprint density at radius 1 is 1.10 bits per heavy atom. The van der Waals surface area contributed by atoms with Crippen molar-refractivity contribution in [1.82, 2.24) is 19.7 Å². The molecule has 0 bridgehead atoms. The van der Waals surface area contributed by atoms with Crippen LogP contribution in [0.5, 0.6) is 0 Å². The van der Waals surface area contributed by atoms with Crippen molar-refractivity contribution < 1.29 is 13.9 Å². The van der Waals surface area contributed by atoms with Gasteiger partial charge in [-0.2, -0.15) is 5.10 Å². The molecule has 4 rings (SSSR count). The molecule has 1 aromatic carbocycles. The molecule has 0 aliphatic carbocycles. The molecular formula is C22H20N4O3. The molecule has 0 radical (unpaired) electrons. The highest BCUT2D eigenvalue weighted by Gasteiger charge is 2.15. The van der Waals surface area contributed by atoms with Crippen molar-refractivity contribution in [1.29, 1.82) is 0 Å². The number of benzene rings is 1. The van der Waals surface area contributed by atoms with Crippen LogP contribution in [0.3, 0.4) is 0 Å². The summed E-state index contributed by atoms with van der Waals surface area (Å²) in [5.74, 6) is 1.30. The minimum absolute atomic E-state index is 0.0280. The van der Waals surface area contributed by atoms with E-state index >= 15 is 0 Å². The van der Waals surface area contributed by atoms with Gasteiger partial charge in [0.15, 0.2) is 5.82 Å². The van der Waals surface area contributed by atoms with Crippen LogP contribution >= 0.6 is 0 Å². The van der Waals surface area contributed by atoms with Gasteiger partial charge in [-0.25, -0.2) is 19.4 Å². The molecule has 146 valence electrons. The number of carbonyl (C=O) groups is 1. The molecular weight excluding hydrogens is 368 g/mol. The van der Waals surface area contributed by atoms with Crippen molar-refractivity contribution in [3.8, 4) is 17.3 Å². The van der Waals surface area contributed by atoms with Crippen LogP contribution in [0.1, 0.15) is 33.2 Å². The Morgan fingerprint density at radius 2 is 1.90 bits per heavy atom. The standard InChI is InChI=1S/C22H20N4O3/c1-14-11-15(2)26(25-14)20-10-9-18(12-23-20)22(27)28-13-19-16(3)29-21(24-19)17-7-5-4-6-8-17/h4-12H,13H2,1-3H3. The predicted octanol–water partition coefficient (Wildman–Crippen LogP) is 4.20. The molecule has 7 nitrogen and oxygen atoms in total. The van der Waals surface area contributed by atoms with Crippen molar-refractivity contribution >= 4 is 5.97 Å². The van der Waals surface area contributed by atoms with E-state index in [1.165, 1.54) is 6.20 Å². The average molecular weight is 388 g/mol. The minimum Gasteiger partial charge on any atom is -0.455 e. The minimum atomic E-state index is -0.471. The molecule has 3 aromatic heterocycles. The summed E-state index contributed by atoms with van der Waals surface area (Å²) in [6.45, 7) is 5.70. The van der Waals surface area contributed by atoms with E-state index in [2.05, 4.69) is 15.1 Å². The highest BCUT2D eigenvalue weighted by Crippen LogP contribution is 2.22. The largest absolute Gasteiger partial charge is 0.455 e. The molecule has 0 spiro atoms. The van der Waals surface area contributed by atoms with Gasteiger partial charge in [-0.15, -0.1) is 0 Å². The van der Waals surface area contributed by atoms with Gasteiger partial charge in [0.2, 0.25) is 5.89 Å². The lowest BCUT2D eigenvalue weighted by atomic mass is 10.2. The van der Waals surface area contributed by atoms with Crippen LogP contribution in [-0.2, 0) is 11.3 Å². The summed E-state index contributed by atoms with van der Waals surface area (Å²) in [4.78, 5) is 21.1. The monoisotopic (exact) mass is 388 g/mol. The van der Waals surface area contributed by atoms with Gasteiger partial charge in [-0.1, -0.05) is 18.2 Å². The molecule has 0 aliphatic rings. The molecule has 3 heterocycles. The van der Waals surface area contributed by atoms with Crippen LogP contribution in [0.25, 0.3) is 17.3 Å². The number of pyridine rings is 1. The van der Waals surface area contributed by atoms with Crippen molar-refractivity contribution in [2.75, 3.05) is 0 Å². The van der Waals surface area contributed by atoms with Gasteiger partial charge in [0.1, 0.15) is 18.1 Å². The second-order valence-electron chi connectivity index (χ2n) is 6.71. The third-order valence-corrected chi connectivity index (χ3v) is 4.46. The van der Waals surface area contributed by atoms with Crippen molar-refractivity contribution in [2.24, 2.45) is 0 Å². The number of ether oxygens (including phenoxy) is 1. The number of aromatic nitrogens is 4. The number of esters is 1. The van der Waals surface area contributed by atoms with E-state index in [0.29, 0.717) is 28.7 Å². The molecule has 0 unspecified atom stereocenters. The number of hydrogen-bond donors (Lipinski definition) is 0. The maximum atomic E-state index is 12.4. The zero-order chi connectivity index (χ0) is 20.4. The molecule has 0 saturated heterocycles. The van der Waals surface area contributed by atoms with Crippen molar-refractivity contribution in [2.45, 2.75) is 27.4 Å². The van der Waals surface area contributed by atoms with E-state index in [4.69, 9.17) is 9.15 Å². The van der Waals surface area contributed by atoms with E-state index in [9.17, 15) is 4.79 Å². The summed E-state index contributed by atoms with van der Waals surface area (Å²) < 4.78 is 12.8. The SMILES string of the molecule is Cc1cc(C)n(-c2ccc(C(=O)OCc3nc(-c4ccccc4)oc3C)cn2)n1. The third kappa shape index (κ3) is 3.94. The average Bonchev–Trinajstić information content (AvgIpc) is 3.28. The first-order chi connectivity index (χ1) is 14.0.